The maximum atomic E-state index is 13.6. The molecule has 158 valence electrons. The number of rotatable bonds is 6. The summed E-state index contributed by atoms with van der Waals surface area (Å²) < 4.78 is 5.07. The van der Waals surface area contributed by atoms with Crippen LogP contribution in [0.2, 0.25) is 0 Å². The Hall–Kier alpha value is -3.51. The molecule has 1 aromatic heterocycles. The van der Waals surface area contributed by atoms with E-state index >= 15 is 0 Å². The van der Waals surface area contributed by atoms with Crippen LogP contribution in [0.15, 0.2) is 65.2 Å². The van der Waals surface area contributed by atoms with Crippen LogP contribution in [0.1, 0.15) is 41.5 Å². The Morgan fingerprint density at radius 2 is 1.84 bits per heavy atom. The Morgan fingerprint density at radius 1 is 1.06 bits per heavy atom. The fourth-order valence-corrected chi connectivity index (χ4v) is 3.78. The number of fused-ring (bicyclic) bond motifs is 1. The molecular weight excluding hydrogens is 390 g/mol. The first-order valence-corrected chi connectivity index (χ1v) is 10.3. The van der Waals surface area contributed by atoms with Gasteiger partial charge in [0.1, 0.15) is 0 Å². The topological polar surface area (TPSA) is 79.5 Å². The highest BCUT2D eigenvalue weighted by Crippen LogP contribution is 2.32. The van der Waals surface area contributed by atoms with Crippen LogP contribution >= 0.6 is 0 Å². The quantitative estimate of drug-likeness (QED) is 0.492. The molecule has 0 radical (unpaired) electrons. The molecular formula is C25H25N3O3. The molecule has 0 aliphatic rings. The van der Waals surface area contributed by atoms with Gasteiger partial charge in [-0.1, -0.05) is 53.7 Å². The molecule has 1 heterocycles. The van der Waals surface area contributed by atoms with E-state index < -0.39 is 0 Å². The second-order valence-corrected chi connectivity index (χ2v) is 7.82. The summed E-state index contributed by atoms with van der Waals surface area (Å²) in [4.78, 5) is 19.6. The van der Waals surface area contributed by atoms with Gasteiger partial charge in [-0.3, -0.25) is 4.79 Å². The van der Waals surface area contributed by atoms with Gasteiger partial charge in [0.15, 0.2) is 5.82 Å². The van der Waals surface area contributed by atoms with Gasteiger partial charge in [0.25, 0.3) is 5.91 Å². The van der Waals surface area contributed by atoms with Gasteiger partial charge in [-0.25, -0.2) is 0 Å². The molecule has 6 nitrogen and oxygen atoms in total. The third-order valence-corrected chi connectivity index (χ3v) is 5.34. The number of hydrogen-bond donors (Lipinski definition) is 1. The van der Waals surface area contributed by atoms with E-state index in [1.165, 1.54) is 0 Å². The number of aliphatic hydroxyl groups is 1. The average molecular weight is 415 g/mol. The number of nitrogens with zero attached hydrogens (tertiary/aromatic N) is 3. The summed E-state index contributed by atoms with van der Waals surface area (Å²) in [6.45, 7) is 5.95. The summed E-state index contributed by atoms with van der Waals surface area (Å²) in [5.74, 6) is 0.886. The zero-order valence-corrected chi connectivity index (χ0v) is 17.9. The summed E-state index contributed by atoms with van der Waals surface area (Å²) >= 11 is 0. The molecule has 0 fully saturated rings. The normalized spacial score (nSPS) is 11.3. The fraction of sp³-hybridized carbons (Fsp3) is 0.240. The van der Waals surface area contributed by atoms with Crippen molar-refractivity contribution in [3.63, 3.8) is 0 Å². The number of aryl methyl sites for hydroxylation is 1. The van der Waals surface area contributed by atoms with Crippen LogP contribution in [-0.4, -0.2) is 32.1 Å². The fourth-order valence-electron chi connectivity index (χ4n) is 3.78. The number of aromatic nitrogens is 2. The zero-order chi connectivity index (χ0) is 22.0. The van der Waals surface area contributed by atoms with Crippen molar-refractivity contribution in [1.29, 1.82) is 0 Å². The van der Waals surface area contributed by atoms with E-state index in [1.807, 2.05) is 74.5 Å². The third kappa shape index (κ3) is 4.20. The molecule has 0 unspecified atom stereocenters. The number of carbonyl (C=O) groups is 1. The molecule has 4 aromatic rings. The highest BCUT2D eigenvalue weighted by molar-refractivity contribution is 6.11. The monoisotopic (exact) mass is 415 g/mol. The smallest absolute Gasteiger partial charge is 0.255 e. The van der Waals surface area contributed by atoms with Gasteiger partial charge in [-0.15, -0.1) is 0 Å². The first-order valence-electron chi connectivity index (χ1n) is 10.3. The Labute approximate surface area is 181 Å². The predicted molar refractivity (Wildman–Crippen MR) is 119 cm³/mol. The van der Waals surface area contributed by atoms with E-state index in [4.69, 9.17) is 4.52 Å². The van der Waals surface area contributed by atoms with Crippen molar-refractivity contribution in [3.8, 4) is 11.1 Å². The van der Waals surface area contributed by atoms with Crippen molar-refractivity contribution in [2.45, 2.75) is 40.0 Å². The van der Waals surface area contributed by atoms with E-state index in [-0.39, 0.29) is 25.1 Å². The lowest BCUT2D eigenvalue weighted by molar-refractivity contribution is 0.0685. The number of aliphatic hydroxyl groups excluding tert-OH is 1. The Morgan fingerprint density at radius 3 is 2.52 bits per heavy atom. The van der Waals surface area contributed by atoms with Gasteiger partial charge in [-0.05, 0) is 53.4 Å². The number of hydrogen-bond acceptors (Lipinski definition) is 5. The first kappa shape index (κ1) is 20.8. The maximum Gasteiger partial charge on any atom is 0.255 e. The van der Waals surface area contributed by atoms with E-state index in [0.717, 1.165) is 27.5 Å². The lowest BCUT2D eigenvalue weighted by atomic mass is 9.93. The van der Waals surface area contributed by atoms with Crippen LogP contribution in [0.3, 0.4) is 0 Å². The molecule has 0 aliphatic carbocycles. The summed E-state index contributed by atoms with van der Waals surface area (Å²) in [6.07, 6.45) is 0. The van der Waals surface area contributed by atoms with Crippen LogP contribution in [0.4, 0.5) is 0 Å². The van der Waals surface area contributed by atoms with Crippen molar-refractivity contribution in [2.24, 2.45) is 0 Å². The van der Waals surface area contributed by atoms with E-state index in [2.05, 4.69) is 10.1 Å². The van der Waals surface area contributed by atoms with Gasteiger partial charge >= 0.3 is 0 Å². The third-order valence-electron chi connectivity index (χ3n) is 5.34. The molecule has 3 aromatic carbocycles. The van der Waals surface area contributed by atoms with Crippen molar-refractivity contribution in [2.75, 3.05) is 0 Å². The Balaban J connectivity index is 1.78. The Kier molecular flexibility index (Phi) is 5.82. The number of carbonyl (C=O) groups excluding carboxylic acids is 1. The van der Waals surface area contributed by atoms with Crippen LogP contribution in [0.25, 0.3) is 21.9 Å². The predicted octanol–water partition coefficient (Wildman–Crippen LogP) is 4.74. The SMILES string of the molecule is Cc1nc(CN(C(=O)c2ccc(-c3cccc(CO)c3)c3ccccc23)C(C)C)no1. The highest BCUT2D eigenvalue weighted by atomic mass is 16.5. The van der Waals surface area contributed by atoms with Gasteiger partial charge in [0.2, 0.25) is 5.89 Å². The van der Waals surface area contributed by atoms with E-state index in [1.54, 1.807) is 11.8 Å². The van der Waals surface area contributed by atoms with Gasteiger partial charge in [-0.2, -0.15) is 4.98 Å². The second-order valence-electron chi connectivity index (χ2n) is 7.82. The van der Waals surface area contributed by atoms with Crippen molar-refractivity contribution < 1.29 is 14.4 Å². The van der Waals surface area contributed by atoms with Crippen LogP contribution < -0.4 is 0 Å². The highest BCUT2D eigenvalue weighted by Gasteiger charge is 2.23. The lowest BCUT2D eigenvalue weighted by Gasteiger charge is -2.26. The largest absolute Gasteiger partial charge is 0.392 e. The van der Waals surface area contributed by atoms with Gasteiger partial charge in [0, 0.05) is 18.5 Å². The minimum absolute atomic E-state index is 0.0127. The zero-order valence-electron chi connectivity index (χ0n) is 17.9. The van der Waals surface area contributed by atoms with E-state index in [0.29, 0.717) is 17.3 Å². The number of benzene rings is 3. The molecule has 0 saturated carbocycles. The van der Waals surface area contributed by atoms with Crippen LogP contribution in [0.5, 0.6) is 0 Å². The molecule has 6 heteroatoms. The molecule has 1 N–H and O–H groups in total. The van der Waals surface area contributed by atoms with Gasteiger partial charge < -0.3 is 14.5 Å². The molecule has 0 spiro atoms. The molecule has 0 aliphatic heterocycles. The minimum atomic E-state index is -0.0793. The Bertz CT molecular complexity index is 1230. The average Bonchev–Trinajstić information content (AvgIpc) is 3.21. The second kappa shape index (κ2) is 8.70. The summed E-state index contributed by atoms with van der Waals surface area (Å²) in [7, 11) is 0. The lowest BCUT2D eigenvalue weighted by Crippen LogP contribution is -2.36. The standard InChI is InChI=1S/C25H25N3O3/c1-16(2)28(14-24-26-17(3)31-27-24)25(30)23-12-11-20(21-9-4-5-10-22(21)23)19-8-6-7-18(13-19)15-29/h4-13,16,29H,14-15H2,1-3H3. The first-order chi connectivity index (χ1) is 15.0. The summed E-state index contributed by atoms with van der Waals surface area (Å²) in [6, 6.07) is 19.5. The summed E-state index contributed by atoms with van der Waals surface area (Å²) in [5, 5.41) is 15.3. The van der Waals surface area contributed by atoms with Crippen molar-refractivity contribution >= 4 is 16.7 Å². The molecule has 1 amide bonds. The molecule has 4 rings (SSSR count). The molecule has 0 atom stereocenters. The minimum Gasteiger partial charge on any atom is -0.392 e. The maximum absolute atomic E-state index is 13.6. The molecule has 31 heavy (non-hydrogen) atoms. The number of amides is 1. The van der Waals surface area contributed by atoms with Crippen LogP contribution in [0, 0.1) is 6.92 Å². The van der Waals surface area contributed by atoms with E-state index in [9.17, 15) is 9.90 Å². The van der Waals surface area contributed by atoms with Crippen LogP contribution in [-0.2, 0) is 13.2 Å². The molecule has 0 saturated heterocycles. The van der Waals surface area contributed by atoms with Crippen molar-refractivity contribution in [1.82, 2.24) is 15.0 Å². The molecule has 0 bridgehead atoms. The van der Waals surface area contributed by atoms with Crippen molar-refractivity contribution in [3.05, 3.63) is 83.5 Å². The summed E-state index contributed by atoms with van der Waals surface area (Å²) in [5.41, 5.74) is 3.51. The van der Waals surface area contributed by atoms with Gasteiger partial charge in [0.05, 0.1) is 13.2 Å².